The van der Waals surface area contributed by atoms with Crippen LogP contribution in [0.2, 0.25) is 0 Å². The van der Waals surface area contributed by atoms with Gasteiger partial charge in [0, 0.05) is 5.69 Å². The minimum Gasteiger partial charge on any atom is -0.497 e. The highest BCUT2D eigenvalue weighted by Crippen LogP contribution is 2.25. The Bertz CT molecular complexity index is 932. The van der Waals surface area contributed by atoms with Gasteiger partial charge in [-0.15, -0.1) is 0 Å². The maximum absolute atomic E-state index is 12.7. The number of amides is 1. The number of hydrogen-bond acceptors (Lipinski definition) is 6. The summed E-state index contributed by atoms with van der Waals surface area (Å²) in [6.45, 7) is 6.55. The van der Waals surface area contributed by atoms with E-state index in [4.69, 9.17) is 14.0 Å². The van der Waals surface area contributed by atoms with Gasteiger partial charge in [-0.2, -0.15) is 0 Å². The van der Waals surface area contributed by atoms with E-state index in [1.165, 1.54) is 0 Å². The zero-order valence-electron chi connectivity index (χ0n) is 15.9. The fourth-order valence-electron chi connectivity index (χ4n) is 2.69. The lowest BCUT2D eigenvalue weighted by Gasteiger charge is -2.10. The molecule has 0 aliphatic rings. The molecule has 0 aliphatic carbocycles. The first-order valence-electron chi connectivity index (χ1n) is 8.81. The van der Waals surface area contributed by atoms with E-state index in [2.05, 4.69) is 15.5 Å². The molecular formula is C20H23N3O4. The van der Waals surface area contributed by atoms with E-state index in [-0.39, 0.29) is 11.8 Å². The number of ether oxygens (including phenoxy) is 2. The largest absolute Gasteiger partial charge is 0.497 e. The van der Waals surface area contributed by atoms with Crippen molar-refractivity contribution in [2.75, 3.05) is 20.3 Å². The lowest BCUT2D eigenvalue weighted by molar-refractivity contribution is 0.0948. The maximum Gasteiger partial charge on any atom is 0.259 e. The van der Waals surface area contributed by atoms with Crippen LogP contribution in [0.5, 0.6) is 11.5 Å². The van der Waals surface area contributed by atoms with Gasteiger partial charge in [-0.1, -0.05) is 19.0 Å². The lowest BCUT2D eigenvalue weighted by atomic mass is 10.0. The molecule has 3 rings (SSSR count). The molecular weight excluding hydrogens is 346 g/mol. The predicted octanol–water partition coefficient (Wildman–Crippen LogP) is 3.47. The number of aromatic nitrogens is 2. The highest BCUT2D eigenvalue weighted by atomic mass is 16.5. The molecule has 2 heterocycles. The Labute approximate surface area is 157 Å². The summed E-state index contributed by atoms with van der Waals surface area (Å²) in [6.07, 6.45) is 0. The molecule has 0 saturated heterocycles. The molecule has 7 nitrogen and oxygen atoms in total. The van der Waals surface area contributed by atoms with Gasteiger partial charge in [0.05, 0.1) is 30.3 Å². The number of pyridine rings is 1. The van der Waals surface area contributed by atoms with Crippen molar-refractivity contribution in [1.82, 2.24) is 15.5 Å². The van der Waals surface area contributed by atoms with Gasteiger partial charge in [0.2, 0.25) is 0 Å². The Hall–Kier alpha value is -3.09. The molecule has 3 aromatic rings. The quantitative estimate of drug-likeness (QED) is 0.642. The zero-order chi connectivity index (χ0) is 19.4. The number of aryl methyl sites for hydroxylation is 1. The SMILES string of the molecule is COc1ccc(OCCNC(=O)c2cc(C(C)C)nc3onc(C)c23)cc1. The standard InChI is InChI=1S/C20H23N3O4/c1-12(2)17-11-16(18-13(3)23-27-20(18)22-17)19(24)21-9-10-26-15-7-5-14(25-4)6-8-15/h5-8,11-12H,9-10H2,1-4H3,(H,21,24). The van der Waals surface area contributed by atoms with Crippen molar-refractivity contribution >= 4 is 17.0 Å². The molecule has 0 unspecified atom stereocenters. The second-order valence-electron chi connectivity index (χ2n) is 6.48. The van der Waals surface area contributed by atoms with Crippen molar-refractivity contribution in [3.63, 3.8) is 0 Å². The second-order valence-corrected chi connectivity index (χ2v) is 6.48. The number of rotatable bonds is 7. The van der Waals surface area contributed by atoms with Gasteiger partial charge in [-0.05, 0) is 43.2 Å². The van der Waals surface area contributed by atoms with E-state index in [1.807, 2.05) is 38.1 Å². The smallest absolute Gasteiger partial charge is 0.259 e. The Balaban J connectivity index is 1.66. The molecule has 0 fully saturated rings. The van der Waals surface area contributed by atoms with Crippen molar-refractivity contribution in [3.8, 4) is 11.5 Å². The first-order chi connectivity index (χ1) is 13.0. The molecule has 0 aliphatic heterocycles. The Morgan fingerprint density at radius 3 is 2.59 bits per heavy atom. The third-order valence-corrected chi connectivity index (χ3v) is 4.19. The average Bonchev–Trinajstić information content (AvgIpc) is 3.05. The number of benzene rings is 1. The van der Waals surface area contributed by atoms with E-state index in [1.54, 1.807) is 20.1 Å². The first-order valence-corrected chi connectivity index (χ1v) is 8.81. The van der Waals surface area contributed by atoms with Gasteiger partial charge in [0.25, 0.3) is 11.6 Å². The summed E-state index contributed by atoms with van der Waals surface area (Å²) in [4.78, 5) is 17.1. The molecule has 0 atom stereocenters. The monoisotopic (exact) mass is 369 g/mol. The fraction of sp³-hybridized carbons (Fsp3) is 0.350. The van der Waals surface area contributed by atoms with Crippen LogP contribution in [0.1, 0.15) is 41.5 Å². The van der Waals surface area contributed by atoms with E-state index in [0.29, 0.717) is 41.3 Å². The van der Waals surface area contributed by atoms with E-state index >= 15 is 0 Å². The molecule has 2 aromatic heterocycles. The summed E-state index contributed by atoms with van der Waals surface area (Å²) in [6, 6.07) is 9.09. The summed E-state index contributed by atoms with van der Waals surface area (Å²) in [7, 11) is 1.61. The Morgan fingerprint density at radius 2 is 1.93 bits per heavy atom. The third-order valence-electron chi connectivity index (χ3n) is 4.19. The number of hydrogen-bond donors (Lipinski definition) is 1. The van der Waals surface area contributed by atoms with Crippen LogP contribution in [-0.2, 0) is 0 Å². The number of nitrogens with one attached hydrogen (secondary N) is 1. The molecule has 0 bridgehead atoms. The van der Waals surface area contributed by atoms with Crippen LogP contribution in [0.4, 0.5) is 0 Å². The van der Waals surface area contributed by atoms with Crippen molar-refractivity contribution in [2.45, 2.75) is 26.7 Å². The van der Waals surface area contributed by atoms with Crippen molar-refractivity contribution < 1.29 is 18.8 Å². The second kappa shape index (κ2) is 8.07. The summed E-state index contributed by atoms with van der Waals surface area (Å²) in [5.41, 5.74) is 2.34. The van der Waals surface area contributed by atoms with Gasteiger partial charge >= 0.3 is 0 Å². The highest BCUT2D eigenvalue weighted by molar-refractivity contribution is 6.06. The minimum atomic E-state index is -0.200. The minimum absolute atomic E-state index is 0.171. The van der Waals surface area contributed by atoms with Gasteiger partial charge in [0.1, 0.15) is 18.1 Å². The number of nitrogens with zero attached hydrogens (tertiary/aromatic N) is 2. The number of fused-ring (bicyclic) bond motifs is 1. The van der Waals surface area contributed by atoms with E-state index in [9.17, 15) is 4.79 Å². The summed E-state index contributed by atoms with van der Waals surface area (Å²) < 4.78 is 16.0. The van der Waals surface area contributed by atoms with Crippen LogP contribution in [0, 0.1) is 6.92 Å². The summed E-state index contributed by atoms with van der Waals surface area (Å²) in [5, 5.41) is 7.46. The molecule has 7 heteroatoms. The molecule has 0 radical (unpaired) electrons. The van der Waals surface area contributed by atoms with Crippen molar-refractivity contribution in [1.29, 1.82) is 0 Å². The lowest BCUT2D eigenvalue weighted by Crippen LogP contribution is -2.28. The molecule has 27 heavy (non-hydrogen) atoms. The molecule has 0 saturated carbocycles. The van der Waals surface area contributed by atoms with Crippen LogP contribution in [0.15, 0.2) is 34.9 Å². The molecule has 142 valence electrons. The van der Waals surface area contributed by atoms with Crippen LogP contribution in [0.3, 0.4) is 0 Å². The van der Waals surface area contributed by atoms with Gasteiger partial charge in [0.15, 0.2) is 0 Å². The van der Waals surface area contributed by atoms with Crippen molar-refractivity contribution in [3.05, 3.63) is 47.3 Å². The van der Waals surface area contributed by atoms with Crippen LogP contribution < -0.4 is 14.8 Å². The highest BCUT2D eigenvalue weighted by Gasteiger charge is 2.19. The number of carbonyl (C=O) groups excluding carboxylic acids is 1. The Kier molecular flexibility index (Phi) is 5.59. The normalized spacial score (nSPS) is 11.0. The zero-order valence-corrected chi connectivity index (χ0v) is 15.9. The average molecular weight is 369 g/mol. The Morgan fingerprint density at radius 1 is 1.22 bits per heavy atom. The number of methoxy groups -OCH3 is 1. The molecule has 1 aromatic carbocycles. The topological polar surface area (TPSA) is 86.5 Å². The van der Waals surface area contributed by atoms with Crippen LogP contribution in [0.25, 0.3) is 11.1 Å². The first kappa shape index (κ1) is 18.7. The fourth-order valence-corrected chi connectivity index (χ4v) is 2.69. The third kappa shape index (κ3) is 4.19. The van der Waals surface area contributed by atoms with E-state index < -0.39 is 0 Å². The predicted molar refractivity (Wildman–Crippen MR) is 101 cm³/mol. The summed E-state index contributed by atoms with van der Waals surface area (Å²) in [5.74, 6) is 1.45. The van der Waals surface area contributed by atoms with Gasteiger partial charge in [-0.25, -0.2) is 4.98 Å². The van der Waals surface area contributed by atoms with Gasteiger partial charge < -0.3 is 19.3 Å². The van der Waals surface area contributed by atoms with Gasteiger partial charge in [-0.3, -0.25) is 4.79 Å². The molecule has 0 spiro atoms. The molecule has 1 amide bonds. The molecule has 1 N–H and O–H groups in total. The van der Waals surface area contributed by atoms with E-state index in [0.717, 1.165) is 11.4 Å². The summed E-state index contributed by atoms with van der Waals surface area (Å²) >= 11 is 0. The van der Waals surface area contributed by atoms with Crippen LogP contribution in [-0.4, -0.2) is 36.3 Å². The van der Waals surface area contributed by atoms with Crippen molar-refractivity contribution in [2.24, 2.45) is 0 Å². The maximum atomic E-state index is 12.7. The van der Waals surface area contributed by atoms with Crippen LogP contribution >= 0.6 is 0 Å². The number of carbonyl (C=O) groups is 1.